The second-order valence-electron chi connectivity index (χ2n) is 2.27. The Balaban J connectivity index is 0.000000146. The number of hydrogen-bond acceptors (Lipinski definition) is 5. The van der Waals surface area contributed by atoms with E-state index in [0.29, 0.717) is 5.69 Å². The van der Waals surface area contributed by atoms with Crippen molar-refractivity contribution >= 4 is 5.69 Å². The Labute approximate surface area is 81.5 Å². The smallest absolute Gasteiger partial charge is 0.119 e. The van der Waals surface area contributed by atoms with Crippen LogP contribution in [0.5, 0.6) is 0 Å². The fraction of sp³-hybridized carbons (Fsp3) is 0. The zero-order valence-corrected chi connectivity index (χ0v) is 7.41. The first-order valence-electron chi connectivity index (χ1n) is 3.93. The molecular formula is C9H10N4O. The first-order valence-corrected chi connectivity index (χ1v) is 3.93. The summed E-state index contributed by atoms with van der Waals surface area (Å²) in [5.74, 6) is 0. The zero-order valence-electron chi connectivity index (χ0n) is 7.41. The van der Waals surface area contributed by atoms with Gasteiger partial charge in [0.1, 0.15) is 19.0 Å². The van der Waals surface area contributed by atoms with Crippen LogP contribution in [0.3, 0.4) is 0 Å². The van der Waals surface area contributed by atoms with Crippen LogP contribution in [-0.2, 0) is 0 Å². The molecule has 0 saturated heterocycles. The Morgan fingerprint density at radius 2 is 1.36 bits per heavy atom. The minimum Gasteiger partial charge on any atom is -0.291 e. The van der Waals surface area contributed by atoms with E-state index in [4.69, 9.17) is 5.21 Å². The lowest BCUT2D eigenvalue weighted by Gasteiger charge is -1.92. The van der Waals surface area contributed by atoms with Gasteiger partial charge < -0.3 is 0 Å². The zero-order chi connectivity index (χ0) is 10.1. The summed E-state index contributed by atoms with van der Waals surface area (Å²) in [5, 5.41) is 8.29. The van der Waals surface area contributed by atoms with Crippen molar-refractivity contribution in [2.45, 2.75) is 0 Å². The average molecular weight is 190 g/mol. The molecule has 0 aliphatic heterocycles. The Morgan fingerprint density at radius 1 is 0.857 bits per heavy atom. The van der Waals surface area contributed by atoms with Crippen molar-refractivity contribution in [3.63, 3.8) is 0 Å². The highest BCUT2D eigenvalue weighted by Crippen LogP contribution is 2.01. The fourth-order valence-corrected chi connectivity index (χ4v) is 0.718. The summed E-state index contributed by atoms with van der Waals surface area (Å²) < 4.78 is 0. The normalized spacial score (nSPS) is 8.36. The van der Waals surface area contributed by atoms with Gasteiger partial charge in [-0.25, -0.2) is 15.0 Å². The maximum atomic E-state index is 8.29. The van der Waals surface area contributed by atoms with E-state index in [1.807, 2.05) is 23.7 Å². The predicted molar refractivity (Wildman–Crippen MR) is 51.7 cm³/mol. The molecule has 0 spiro atoms. The molecule has 2 N–H and O–H groups in total. The van der Waals surface area contributed by atoms with Gasteiger partial charge in [0.2, 0.25) is 0 Å². The average Bonchev–Trinajstić information content (AvgIpc) is 2.33. The van der Waals surface area contributed by atoms with E-state index in [0.717, 1.165) is 0 Å². The quantitative estimate of drug-likeness (QED) is 0.664. The van der Waals surface area contributed by atoms with Gasteiger partial charge >= 0.3 is 0 Å². The Morgan fingerprint density at radius 3 is 1.64 bits per heavy atom. The number of anilines is 1. The standard InChI is InChI=1S/C6H7NO.C3H3N3/c8-7-6-4-2-1-3-5-6;1-4-2-6-3-5-1/h1-5,7-8H;1-3H. The van der Waals surface area contributed by atoms with E-state index in [-0.39, 0.29) is 0 Å². The summed E-state index contributed by atoms with van der Waals surface area (Å²) in [7, 11) is 0. The first-order chi connectivity index (χ1) is 6.93. The van der Waals surface area contributed by atoms with E-state index in [1.54, 1.807) is 12.1 Å². The predicted octanol–water partition coefficient (Wildman–Crippen LogP) is 1.36. The molecule has 0 atom stereocenters. The third kappa shape index (κ3) is 4.13. The number of para-hydroxylation sites is 1. The van der Waals surface area contributed by atoms with Crippen molar-refractivity contribution in [3.05, 3.63) is 49.3 Å². The third-order valence-electron chi connectivity index (χ3n) is 1.30. The molecule has 0 saturated carbocycles. The summed E-state index contributed by atoms with van der Waals surface area (Å²) in [6.45, 7) is 0. The van der Waals surface area contributed by atoms with Crippen LogP contribution in [0.4, 0.5) is 5.69 Å². The summed E-state index contributed by atoms with van der Waals surface area (Å²) >= 11 is 0. The number of benzene rings is 1. The lowest BCUT2D eigenvalue weighted by molar-refractivity contribution is 0.389. The van der Waals surface area contributed by atoms with Gasteiger partial charge in [0.05, 0.1) is 5.69 Å². The molecule has 5 nitrogen and oxygen atoms in total. The lowest BCUT2D eigenvalue weighted by atomic mass is 10.3. The number of hydrogen-bond donors (Lipinski definition) is 2. The molecule has 5 heteroatoms. The van der Waals surface area contributed by atoms with Gasteiger partial charge in [-0.1, -0.05) is 18.2 Å². The Hall–Kier alpha value is -2.01. The van der Waals surface area contributed by atoms with Crippen molar-refractivity contribution in [2.24, 2.45) is 0 Å². The largest absolute Gasteiger partial charge is 0.291 e. The van der Waals surface area contributed by atoms with Crippen LogP contribution in [-0.4, -0.2) is 20.2 Å². The van der Waals surface area contributed by atoms with E-state index in [1.165, 1.54) is 19.0 Å². The molecule has 0 amide bonds. The second-order valence-corrected chi connectivity index (χ2v) is 2.27. The van der Waals surface area contributed by atoms with Crippen LogP contribution in [0.2, 0.25) is 0 Å². The van der Waals surface area contributed by atoms with Crippen LogP contribution < -0.4 is 5.48 Å². The SMILES string of the molecule is ONc1ccccc1.c1ncncn1. The molecule has 1 aromatic carbocycles. The Bertz CT molecular complexity index is 300. The highest BCUT2D eigenvalue weighted by Gasteiger charge is 1.79. The minimum atomic E-state index is 0.715. The molecular weight excluding hydrogens is 180 g/mol. The summed E-state index contributed by atoms with van der Waals surface area (Å²) in [5.41, 5.74) is 2.74. The molecule has 0 fully saturated rings. The first kappa shape index (κ1) is 10.1. The lowest BCUT2D eigenvalue weighted by Crippen LogP contribution is -1.85. The van der Waals surface area contributed by atoms with E-state index < -0.39 is 0 Å². The summed E-state index contributed by atoms with van der Waals surface area (Å²) in [6, 6.07) is 9.14. The summed E-state index contributed by atoms with van der Waals surface area (Å²) in [4.78, 5) is 10.7. The van der Waals surface area contributed by atoms with Gasteiger partial charge in [-0.3, -0.25) is 10.7 Å². The topological polar surface area (TPSA) is 70.9 Å². The van der Waals surface area contributed by atoms with E-state index in [9.17, 15) is 0 Å². The molecule has 1 aromatic heterocycles. The highest BCUT2D eigenvalue weighted by atomic mass is 16.5. The van der Waals surface area contributed by atoms with E-state index in [2.05, 4.69) is 15.0 Å². The molecule has 14 heavy (non-hydrogen) atoms. The Kier molecular flexibility index (Phi) is 4.68. The van der Waals surface area contributed by atoms with Crippen LogP contribution >= 0.6 is 0 Å². The van der Waals surface area contributed by atoms with Gasteiger partial charge in [-0.15, -0.1) is 0 Å². The molecule has 2 aromatic rings. The number of rotatable bonds is 1. The minimum absolute atomic E-state index is 0.715. The molecule has 1 heterocycles. The third-order valence-corrected chi connectivity index (χ3v) is 1.30. The van der Waals surface area contributed by atoms with Crippen molar-refractivity contribution in [1.29, 1.82) is 0 Å². The van der Waals surface area contributed by atoms with Crippen molar-refractivity contribution in [2.75, 3.05) is 5.48 Å². The molecule has 0 unspecified atom stereocenters. The molecule has 0 radical (unpaired) electrons. The monoisotopic (exact) mass is 190 g/mol. The molecule has 0 aliphatic carbocycles. The van der Waals surface area contributed by atoms with Crippen molar-refractivity contribution in [1.82, 2.24) is 15.0 Å². The molecule has 72 valence electrons. The number of nitrogens with zero attached hydrogens (tertiary/aromatic N) is 3. The van der Waals surface area contributed by atoms with Gasteiger partial charge in [0.25, 0.3) is 0 Å². The molecule has 2 rings (SSSR count). The maximum Gasteiger partial charge on any atom is 0.119 e. The maximum absolute atomic E-state index is 8.29. The van der Waals surface area contributed by atoms with Crippen LogP contribution in [0.25, 0.3) is 0 Å². The highest BCUT2D eigenvalue weighted by molar-refractivity contribution is 5.39. The van der Waals surface area contributed by atoms with E-state index >= 15 is 0 Å². The fourth-order valence-electron chi connectivity index (χ4n) is 0.718. The second kappa shape index (κ2) is 6.50. The van der Waals surface area contributed by atoms with Crippen LogP contribution in [0.1, 0.15) is 0 Å². The van der Waals surface area contributed by atoms with Crippen molar-refractivity contribution < 1.29 is 5.21 Å². The van der Waals surface area contributed by atoms with Crippen LogP contribution in [0.15, 0.2) is 49.3 Å². The van der Waals surface area contributed by atoms with Crippen molar-refractivity contribution in [3.8, 4) is 0 Å². The molecule has 0 bridgehead atoms. The van der Waals surface area contributed by atoms with Gasteiger partial charge in [-0.05, 0) is 12.1 Å². The van der Waals surface area contributed by atoms with Gasteiger partial charge in [0.15, 0.2) is 0 Å². The number of nitrogens with one attached hydrogen (secondary N) is 1. The van der Waals surface area contributed by atoms with Gasteiger partial charge in [0, 0.05) is 0 Å². The summed E-state index contributed by atoms with van der Waals surface area (Å²) in [6.07, 6.45) is 4.31. The number of aromatic nitrogens is 3. The molecule has 0 aliphatic rings. The van der Waals surface area contributed by atoms with Gasteiger partial charge in [-0.2, -0.15) is 0 Å². The van der Waals surface area contributed by atoms with Crippen LogP contribution in [0, 0.1) is 0 Å².